The van der Waals surface area contributed by atoms with Crippen LogP contribution in [0.5, 0.6) is 5.75 Å². The molecule has 0 saturated carbocycles. The molecule has 116 valence electrons. The number of benzene rings is 1. The molecule has 0 aromatic heterocycles. The normalized spacial score (nSPS) is 18.5. The van der Waals surface area contributed by atoms with Gasteiger partial charge >= 0.3 is 6.03 Å². The number of hydrogen-bond donors (Lipinski definition) is 1. The molecule has 1 N–H and O–H groups in total. The lowest BCUT2D eigenvalue weighted by atomic mass is 10.1. The molecule has 21 heavy (non-hydrogen) atoms. The Bertz CT molecular complexity index is 461. The zero-order valence-electron chi connectivity index (χ0n) is 13.1. The van der Waals surface area contributed by atoms with Crippen LogP contribution in [0.1, 0.15) is 13.3 Å². The van der Waals surface area contributed by atoms with Gasteiger partial charge in [0.2, 0.25) is 0 Å². The Hall–Kier alpha value is -1.75. The van der Waals surface area contributed by atoms with Crippen LogP contribution in [-0.4, -0.2) is 51.3 Å². The maximum absolute atomic E-state index is 12.2. The van der Waals surface area contributed by atoms with Crippen molar-refractivity contribution >= 4 is 11.7 Å². The number of rotatable bonds is 5. The Kier molecular flexibility index (Phi) is 5.44. The van der Waals surface area contributed by atoms with Gasteiger partial charge in [-0.05, 0) is 57.1 Å². The minimum absolute atomic E-state index is 0.0614. The van der Waals surface area contributed by atoms with Crippen LogP contribution in [-0.2, 0) is 0 Å². The predicted molar refractivity (Wildman–Crippen MR) is 85.0 cm³/mol. The summed E-state index contributed by atoms with van der Waals surface area (Å²) in [6, 6.07) is 7.50. The number of amides is 2. The minimum Gasteiger partial charge on any atom is -0.494 e. The zero-order valence-corrected chi connectivity index (χ0v) is 13.1. The number of nitrogens with one attached hydrogen (secondary N) is 1. The molecule has 1 fully saturated rings. The third-order valence-electron chi connectivity index (χ3n) is 3.87. The molecule has 5 nitrogen and oxygen atoms in total. The predicted octanol–water partition coefficient (Wildman–Crippen LogP) is 2.18. The lowest BCUT2D eigenvalue weighted by Crippen LogP contribution is -2.40. The largest absolute Gasteiger partial charge is 0.494 e. The van der Waals surface area contributed by atoms with Gasteiger partial charge in [-0.3, -0.25) is 4.90 Å². The minimum atomic E-state index is -0.0614. The lowest BCUT2D eigenvalue weighted by molar-refractivity contribution is 0.245. The molecule has 1 heterocycles. The maximum atomic E-state index is 12.2. The lowest BCUT2D eigenvalue weighted by Gasteiger charge is -2.20. The molecule has 1 atom stereocenters. The first-order chi connectivity index (χ1) is 10.1. The summed E-state index contributed by atoms with van der Waals surface area (Å²) in [7, 11) is 3.90. The van der Waals surface area contributed by atoms with Gasteiger partial charge in [0.15, 0.2) is 0 Å². The van der Waals surface area contributed by atoms with E-state index in [9.17, 15) is 4.79 Å². The molecule has 1 saturated heterocycles. The van der Waals surface area contributed by atoms with E-state index in [4.69, 9.17) is 4.74 Å². The summed E-state index contributed by atoms with van der Waals surface area (Å²) in [4.78, 5) is 16.1. The molecule has 5 heteroatoms. The number of anilines is 1. The van der Waals surface area contributed by atoms with Crippen molar-refractivity contribution in [3.8, 4) is 5.75 Å². The molecule has 1 aromatic rings. The molecule has 0 spiro atoms. The first-order valence-corrected chi connectivity index (χ1v) is 7.53. The van der Waals surface area contributed by atoms with Crippen molar-refractivity contribution in [1.82, 2.24) is 10.2 Å². The molecule has 0 bridgehead atoms. The highest BCUT2D eigenvalue weighted by atomic mass is 16.5. The smallest absolute Gasteiger partial charge is 0.321 e. The maximum Gasteiger partial charge on any atom is 0.321 e. The fourth-order valence-corrected chi connectivity index (χ4v) is 2.59. The third kappa shape index (κ3) is 4.36. The van der Waals surface area contributed by atoms with Gasteiger partial charge in [0, 0.05) is 25.8 Å². The number of carbonyl (C=O) groups is 1. The van der Waals surface area contributed by atoms with Crippen LogP contribution in [0, 0.1) is 5.92 Å². The van der Waals surface area contributed by atoms with E-state index in [2.05, 4.69) is 17.3 Å². The highest BCUT2D eigenvalue weighted by molar-refractivity contribution is 5.91. The number of hydrogen-bond acceptors (Lipinski definition) is 3. The van der Waals surface area contributed by atoms with Crippen LogP contribution >= 0.6 is 0 Å². The van der Waals surface area contributed by atoms with E-state index in [0.717, 1.165) is 37.5 Å². The van der Waals surface area contributed by atoms with E-state index < -0.39 is 0 Å². The molecular formula is C16H25N3O2. The summed E-state index contributed by atoms with van der Waals surface area (Å²) < 4.78 is 5.40. The number of carbonyl (C=O) groups excluding carboxylic acids is 1. The van der Waals surface area contributed by atoms with Crippen molar-refractivity contribution in [2.75, 3.05) is 45.2 Å². The van der Waals surface area contributed by atoms with Gasteiger partial charge in [-0.15, -0.1) is 0 Å². The van der Waals surface area contributed by atoms with Gasteiger partial charge in [0.05, 0.1) is 6.61 Å². The number of likely N-dealkylation sites (tertiary alicyclic amines) is 1. The zero-order chi connectivity index (χ0) is 15.2. The Balaban J connectivity index is 1.83. The first-order valence-electron chi connectivity index (χ1n) is 7.53. The topological polar surface area (TPSA) is 44.8 Å². The molecule has 2 rings (SSSR count). The number of ether oxygens (including phenoxy) is 1. The molecule has 0 unspecified atom stereocenters. The average molecular weight is 291 g/mol. The van der Waals surface area contributed by atoms with Crippen molar-refractivity contribution in [2.24, 2.45) is 5.92 Å². The quantitative estimate of drug-likeness (QED) is 0.904. The van der Waals surface area contributed by atoms with E-state index in [1.807, 2.05) is 31.2 Å². The van der Waals surface area contributed by atoms with Crippen molar-refractivity contribution in [1.29, 1.82) is 0 Å². The van der Waals surface area contributed by atoms with Crippen molar-refractivity contribution in [3.63, 3.8) is 0 Å². The van der Waals surface area contributed by atoms with E-state index in [1.54, 1.807) is 11.9 Å². The van der Waals surface area contributed by atoms with Crippen LogP contribution in [0.25, 0.3) is 0 Å². The Morgan fingerprint density at radius 3 is 2.71 bits per heavy atom. The van der Waals surface area contributed by atoms with Crippen LogP contribution in [0.4, 0.5) is 10.5 Å². The third-order valence-corrected chi connectivity index (χ3v) is 3.87. The van der Waals surface area contributed by atoms with Crippen LogP contribution in [0.3, 0.4) is 0 Å². The first kappa shape index (κ1) is 15.6. The van der Waals surface area contributed by atoms with Gasteiger partial charge in [-0.25, -0.2) is 4.79 Å². The molecule has 1 aromatic carbocycles. The summed E-state index contributed by atoms with van der Waals surface area (Å²) in [6.07, 6.45) is 1.16. The van der Waals surface area contributed by atoms with Crippen LogP contribution in [0.15, 0.2) is 24.3 Å². The summed E-state index contributed by atoms with van der Waals surface area (Å²) >= 11 is 0. The molecule has 2 amide bonds. The Labute approximate surface area is 126 Å². The van der Waals surface area contributed by atoms with Gasteiger partial charge in [0.25, 0.3) is 0 Å². The monoisotopic (exact) mass is 291 g/mol. The van der Waals surface area contributed by atoms with Crippen molar-refractivity contribution < 1.29 is 9.53 Å². The van der Waals surface area contributed by atoms with Crippen molar-refractivity contribution in [2.45, 2.75) is 13.3 Å². The number of urea groups is 1. The second kappa shape index (κ2) is 7.31. The van der Waals surface area contributed by atoms with Gasteiger partial charge in [-0.1, -0.05) is 0 Å². The number of nitrogens with zero attached hydrogens (tertiary/aromatic N) is 2. The van der Waals surface area contributed by atoms with E-state index >= 15 is 0 Å². The Morgan fingerprint density at radius 2 is 2.14 bits per heavy atom. The summed E-state index contributed by atoms with van der Waals surface area (Å²) in [5, 5.41) is 3.01. The van der Waals surface area contributed by atoms with Gasteiger partial charge in [-0.2, -0.15) is 0 Å². The van der Waals surface area contributed by atoms with E-state index in [1.165, 1.54) is 0 Å². The SMILES string of the molecule is CCOc1ccc(N(C)C(=O)NC[C@@H]2CCN(C)C2)cc1. The van der Waals surface area contributed by atoms with Gasteiger partial charge in [0.1, 0.15) is 5.75 Å². The highest BCUT2D eigenvalue weighted by Crippen LogP contribution is 2.19. The second-order valence-corrected chi connectivity index (χ2v) is 5.59. The van der Waals surface area contributed by atoms with Gasteiger partial charge < -0.3 is 15.0 Å². The van der Waals surface area contributed by atoms with E-state index in [-0.39, 0.29) is 6.03 Å². The van der Waals surface area contributed by atoms with Crippen molar-refractivity contribution in [3.05, 3.63) is 24.3 Å². The summed E-state index contributed by atoms with van der Waals surface area (Å²) in [6.45, 7) is 5.52. The van der Waals surface area contributed by atoms with E-state index in [0.29, 0.717) is 12.5 Å². The highest BCUT2D eigenvalue weighted by Gasteiger charge is 2.20. The molecule has 0 aliphatic carbocycles. The fourth-order valence-electron chi connectivity index (χ4n) is 2.59. The fraction of sp³-hybridized carbons (Fsp3) is 0.562. The Morgan fingerprint density at radius 1 is 1.43 bits per heavy atom. The second-order valence-electron chi connectivity index (χ2n) is 5.59. The van der Waals surface area contributed by atoms with Crippen LogP contribution in [0.2, 0.25) is 0 Å². The van der Waals surface area contributed by atoms with Crippen LogP contribution < -0.4 is 15.0 Å². The average Bonchev–Trinajstić information content (AvgIpc) is 2.91. The standard InChI is InChI=1S/C16H25N3O2/c1-4-21-15-7-5-14(6-8-15)19(3)16(20)17-11-13-9-10-18(2)12-13/h5-8,13H,4,9-12H2,1-3H3,(H,17,20)/t13-/m0/s1. The molecule has 1 aliphatic rings. The summed E-state index contributed by atoms with van der Waals surface area (Å²) in [5.74, 6) is 1.39. The summed E-state index contributed by atoms with van der Waals surface area (Å²) in [5.41, 5.74) is 0.861. The molecular weight excluding hydrogens is 266 g/mol. The molecule has 1 aliphatic heterocycles. The molecule has 0 radical (unpaired) electrons.